The number of aliphatic carboxylic acids is 1. The third-order valence-corrected chi connectivity index (χ3v) is 4.60. The summed E-state index contributed by atoms with van der Waals surface area (Å²) in [5.41, 5.74) is 0.358. The Morgan fingerprint density at radius 1 is 1.44 bits per heavy atom. The Morgan fingerprint density at radius 3 is 2.76 bits per heavy atom. The number of thiocarbonyl (C=S) groups is 1. The fourth-order valence-corrected chi connectivity index (χ4v) is 2.62. The van der Waals surface area contributed by atoms with E-state index in [0.717, 1.165) is 4.90 Å². The minimum absolute atomic E-state index is 0.0934. The standard InChI is InChI=1S/C17H20N2O5S/c1-3-10(2)15(25)16(22)18-11-9-24-13-7-5-4-6-12(13)19(17(11)23)8-14(20)21/h4-7,10-11H,3,8-9H2,1-2H3,(H,18,22)(H,20,21)/t10?,11-/m0/s1. The fraction of sp³-hybridized carbons (Fsp3) is 0.412. The van der Waals surface area contributed by atoms with Gasteiger partial charge in [-0.15, -0.1) is 0 Å². The predicted molar refractivity (Wildman–Crippen MR) is 95.9 cm³/mol. The summed E-state index contributed by atoms with van der Waals surface area (Å²) in [7, 11) is 0. The van der Waals surface area contributed by atoms with Crippen LogP contribution in [0.4, 0.5) is 5.69 Å². The number of carbonyl (C=O) groups is 3. The summed E-state index contributed by atoms with van der Waals surface area (Å²) >= 11 is 5.14. The van der Waals surface area contributed by atoms with Crippen molar-refractivity contribution in [1.29, 1.82) is 0 Å². The Hall–Kier alpha value is -2.48. The summed E-state index contributed by atoms with van der Waals surface area (Å²) < 4.78 is 5.60. The fourth-order valence-electron chi connectivity index (χ4n) is 2.39. The van der Waals surface area contributed by atoms with Gasteiger partial charge in [-0.2, -0.15) is 0 Å². The van der Waals surface area contributed by atoms with Crippen LogP contribution in [-0.4, -0.2) is 46.9 Å². The van der Waals surface area contributed by atoms with Crippen LogP contribution >= 0.6 is 12.2 Å². The normalized spacial score (nSPS) is 17.8. The van der Waals surface area contributed by atoms with Gasteiger partial charge in [-0.05, 0) is 24.5 Å². The molecule has 1 aliphatic heterocycles. The smallest absolute Gasteiger partial charge is 0.323 e. The minimum atomic E-state index is -1.16. The van der Waals surface area contributed by atoms with Gasteiger partial charge in [0, 0.05) is 0 Å². The Labute approximate surface area is 151 Å². The van der Waals surface area contributed by atoms with E-state index in [4.69, 9.17) is 22.1 Å². The number of hydrogen-bond donors (Lipinski definition) is 2. The molecule has 7 nitrogen and oxygen atoms in total. The van der Waals surface area contributed by atoms with E-state index in [1.165, 1.54) is 0 Å². The topological polar surface area (TPSA) is 95.9 Å². The number of fused-ring (bicyclic) bond motifs is 1. The first-order valence-corrected chi connectivity index (χ1v) is 8.35. The van der Waals surface area contributed by atoms with Crippen LogP contribution < -0.4 is 15.0 Å². The lowest BCUT2D eigenvalue weighted by atomic mass is 10.0. The average Bonchev–Trinajstić information content (AvgIpc) is 2.72. The molecule has 0 spiro atoms. The molecule has 134 valence electrons. The Kier molecular flexibility index (Phi) is 6.08. The van der Waals surface area contributed by atoms with Gasteiger partial charge in [0.25, 0.3) is 11.8 Å². The first kappa shape index (κ1) is 18.9. The quantitative estimate of drug-likeness (QED) is 0.741. The van der Waals surface area contributed by atoms with Crippen molar-refractivity contribution in [3.05, 3.63) is 24.3 Å². The third kappa shape index (κ3) is 4.33. The first-order chi connectivity index (χ1) is 11.8. The van der Waals surface area contributed by atoms with Crippen LogP contribution in [0.5, 0.6) is 5.75 Å². The molecule has 2 rings (SSSR count). The molecule has 25 heavy (non-hydrogen) atoms. The summed E-state index contributed by atoms with van der Waals surface area (Å²) in [4.78, 5) is 37.5. The number of carboxylic acid groups (broad SMARTS) is 1. The summed E-state index contributed by atoms with van der Waals surface area (Å²) in [6.45, 7) is 3.12. The second-order valence-corrected chi connectivity index (χ2v) is 6.24. The van der Waals surface area contributed by atoms with Crippen LogP contribution in [0.15, 0.2) is 24.3 Å². The Morgan fingerprint density at radius 2 is 2.12 bits per heavy atom. The summed E-state index contributed by atoms with van der Waals surface area (Å²) in [6.07, 6.45) is 0.706. The summed E-state index contributed by atoms with van der Waals surface area (Å²) in [5, 5.41) is 11.7. The van der Waals surface area contributed by atoms with Gasteiger partial charge in [-0.25, -0.2) is 0 Å². The lowest BCUT2D eigenvalue weighted by Gasteiger charge is -2.23. The molecule has 0 fully saturated rings. The molecule has 0 saturated carbocycles. The predicted octanol–water partition coefficient (Wildman–Crippen LogP) is 1.40. The summed E-state index contributed by atoms with van der Waals surface area (Å²) in [6, 6.07) is 5.64. The number of ether oxygens (including phenoxy) is 1. The zero-order chi connectivity index (χ0) is 18.6. The number of anilines is 1. The Bertz CT molecular complexity index is 706. The van der Waals surface area contributed by atoms with E-state index in [1.54, 1.807) is 24.3 Å². The Balaban J connectivity index is 2.25. The maximum atomic E-state index is 12.8. The van der Waals surface area contributed by atoms with E-state index in [0.29, 0.717) is 17.9 Å². The van der Waals surface area contributed by atoms with Crippen molar-refractivity contribution in [3.63, 3.8) is 0 Å². The molecule has 1 unspecified atom stereocenters. The molecule has 1 aromatic rings. The number of benzene rings is 1. The molecule has 1 aliphatic rings. The second kappa shape index (κ2) is 8.06. The summed E-state index contributed by atoms with van der Waals surface area (Å²) in [5.74, 6) is -1.92. The van der Waals surface area contributed by atoms with Crippen LogP contribution in [-0.2, 0) is 14.4 Å². The van der Waals surface area contributed by atoms with Crippen molar-refractivity contribution in [2.24, 2.45) is 5.92 Å². The van der Waals surface area contributed by atoms with Crippen LogP contribution in [0, 0.1) is 5.92 Å². The molecule has 8 heteroatoms. The number of carbonyl (C=O) groups excluding carboxylic acids is 2. The molecule has 1 aromatic carbocycles. The van der Waals surface area contributed by atoms with Crippen molar-refractivity contribution >= 4 is 40.6 Å². The maximum absolute atomic E-state index is 12.8. The molecule has 2 N–H and O–H groups in total. The van der Waals surface area contributed by atoms with Gasteiger partial charge in [0.05, 0.1) is 10.6 Å². The highest BCUT2D eigenvalue weighted by Crippen LogP contribution is 2.30. The molecular formula is C17H20N2O5S. The molecular weight excluding hydrogens is 344 g/mol. The number of para-hydroxylation sites is 2. The molecule has 0 radical (unpaired) electrons. The third-order valence-electron chi connectivity index (χ3n) is 4.01. The van der Waals surface area contributed by atoms with Crippen LogP contribution in [0.1, 0.15) is 20.3 Å². The molecule has 2 amide bonds. The average molecular weight is 364 g/mol. The highest BCUT2D eigenvalue weighted by atomic mass is 32.1. The van der Waals surface area contributed by atoms with Gasteiger partial charge in [0.15, 0.2) is 0 Å². The molecule has 2 atom stereocenters. The van der Waals surface area contributed by atoms with E-state index in [1.807, 2.05) is 13.8 Å². The monoisotopic (exact) mass is 364 g/mol. The van der Waals surface area contributed by atoms with E-state index < -0.39 is 30.4 Å². The van der Waals surface area contributed by atoms with E-state index in [9.17, 15) is 14.4 Å². The van der Waals surface area contributed by atoms with Crippen LogP contribution in [0.25, 0.3) is 0 Å². The lowest BCUT2D eigenvalue weighted by molar-refractivity contribution is -0.137. The van der Waals surface area contributed by atoms with E-state index >= 15 is 0 Å². The number of hydrogen-bond acceptors (Lipinski definition) is 5. The highest BCUT2D eigenvalue weighted by Gasteiger charge is 2.34. The van der Waals surface area contributed by atoms with Crippen molar-refractivity contribution in [2.75, 3.05) is 18.1 Å². The maximum Gasteiger partial charge on any atom is 0.323 e. The number of nitrogens with one attached hydrogen (secondary N) is 1. The van der Waals surface area contributed by atoms with Gasteiger partial charge < -0.3 is 15.2 Å². The molecule has 0 aromatic heterocycles. The minimum Gasteiger partial charge on any atom is -0.489 e. The van der Waals surface area contributed by atoms with E-state index in [2.05, 4.69) is 5.32 Å². The molecule has 0 bridgehead atoms. The zero-order valence-corrected chi connectivity index (χ0v) is 14.8. The molecule has 0 saturated heterocycles. The number of nitrogens with zero attached hydrogens (tertiary/aromatic N) is 1. The SMILES string of the molecule is CCC(C)C(=S)C(=O)N[C@H]1COc2ccccc2N(CC(=O)O)C1=O. The highest BCUT2D eigenvalue weighted by molar-refractivity contribution is 7.82. The van der Waals surface area contributed by atoms with Gasteiger partial charge in [0.1, 0.15) is 24.9 Å². The molecule has 0 aliphatic carbocycles. The van der Waals surface area contributed by atoms with Gasteiger partial charge in [-0.1, -0.05) is 38.2 Å². The number of amides is 2. The molecule has 1 heterocycles. The number of carboxylic acids is 1. The largest absolute Gasteiger partial charge is 0.489 e. The second-order valence-electron chi connectivity index (χ2n) is 5.80. The first-order valence-electron chi connectivity index (χ1n) is 7.94. The van der Waals surface area contributed by atoms with Crippen molar-refractivity contribution in [1.82, 2.24) is 5.32 Å². The van der Waals surface area contributed by atoms with Crippen molar-refractivity contribution < 1.29 is 24.2 Å². The van der Waals surface area contributed by atoms with Crippen molar-refractivity contribution in [3.8, 4) is 5.75 Å². The van der Waals surface area contributed by atoms with Crippen molar-refractivity contribution in [2.45, 2.75) is 26.3 Å². The van der Waals surface area contributed by atoms with Crippen LogP contribution in [0.2, 0.25) is 0 Å². The van der Waals surface area contributed by atoms with Gasteiger partial charge in [-0.3, -0.25) is 19.3 Å². The number of rotatable bonds is 6. The van der Waals surface area contributed by atoms with Crippen LogP contribution in [0.3, 0.4) is 0 Å². The van der Waals surface area contributed by atoms with E-state index in [-0.39, 0.29) is 17.4 Å². The zero-order valence-electron chi connectivity index (χ0n) is 14.0. The van der Waals surface area contributed by atoms with Gasteiger partial charge in [0.2, 0.25) is 0 Å². The lowest BCUT2D eigenvalue weighted by Crippen LogP contribution is -2.53. The van der Waals surface area contributed by atoms with Gasteiger partial charge >= 0.3 is 5.97 Å².